The van der Waals surface area contributed by atoms with Crippen LogP contribution in [0.4, 0.5) is 0 Å². The van der Waals surface area contributed by atoms with E-state index in [-0.39, 0.29) is 0 Å². The Hall–Kier alpha value is -1.39. The average Bonchev–Trinajstić information content (AvgIpc) is 2.72. The summed E-state index contributed by atoms with van der Waals surface area (Å²) < 4.78 is 5.45. The molecule has 0 fully saturated rings. The maximum Gasteiger partial charge on any atom is 0.119 e. The number of hydrogen-bond donors (Lipinski definition) is 1. The third kappa shape index (κ3) is 2.89. The number of aromatic nitrogens is 1. The largest absolute Gasteiger partial charge is 0.494 e. The predicted molar refractivity (Wildman–Crippen MR) is 76.2 cm³/mol. The number of rotatable bonds is 5. The molecule has 1 aromatic carbocycles. The van der Waals surface area contributed by atoms with E-state index in [1.165, 1.54) is 10.4 Å². The quantitative estimate of drug-likeness (QED) is 0.898. The van der Waals surface area contributed by atoms with Gasteiger partial charge in [0, 0.05) is 6.54 Å². The van der Waals surface area contributed by atoms with Crippen molar-refractivity contribution < 1.29 is 4.74 Å². The van der Waals surface area contributed by atoms with E-state index in [1.807, 2.05) is 26.1 Å². The normalized spacial score (nSPS) is 10.6. The van der Waals surface area contributed by atoms with Crippen LogP contribution < -0.4 is 10.1 Å². The number of ether oxygens (including phenoxy) is 1. The van der Waals surface area contributed by atoms with Gasteiger partial charge in [0.05, 0.1) is 17.2 Å². The number of nitrogens with zero attached hydrogens (tertiary/aromatic N) is 1. The zero-order valence-corrected chi connectivity index (χ0v) is 11.8. The van der Waals surface area contributed by atoms with Crippen LogP contribution in [0, 0.1) is 6.92 Å². The molecule has 18 heavy (non-hydrogen) atoms. The van der Waals surface area contributed by atoms with E-state index in [2.05, 4.69) is 29.4 Å². The van der Waals surface area contributed by atoms with Crippen LogP contribution in [0.1, 0.15) is 17.6 Å². The highest BCUT2D eigenvalue weighted by molar-refractivity contribution is 7.15. The highest BCUT2D eigenvalue weighted by Gasteiger charge is 2.09. The average molecular weight is 262 g/mol. The highest BCUT2D eigenvalue weighted by Crippen LogP contribution is 2.31. The Morgan fingerprint density at radius 2 is 2.00 bits per heavy atom. The van der Waals surface area contributed by atoms with E-state index >= 15 is 0 Å². The molecule has 0 radical (unpaired) electrons. The van der Waals surface area contributed by atoms with Gasteiger partial charge in [-0.15, -0.1) is 11.3 Å². The molecule has 0 aliphatic carbocycles. The summed E-state index contributed by atoms with van der Waals surface area (Å²) >= 11 is 1.74. The van der Waals surface area contributed by atoms with E-state index in [1.54, 1.807) is 11.3 Å². The van der Waals surface area contributed by atoms with Gasteiger partial charge in [-0.3, -0.25) is 0 Å². The molecule has 4 heteroatoms. The summed E-state index contributed by atoms with van der Waals surface area (Å²) in [6.07, 6.45) is 0. The molecule has 2 rings (SSSR count). The molecular formula is C14H18N2OS. The van der Waals surface area contributed by atoms with Crippen LogP contribution >= 0.6 is 11.3 Å². The Labute approximate surface area is 112 Å². The molecule has 0 aliphatic rings. The van der Waals surface area contributed by atoms with E-state index in [9.17, 15) is 0 Å². The summed E-state index contributed by atoms with van der Waals surface area (Å²) in [7, 11) is 1.94. The summed E-state index contributed by atoms with van der Waals surface area (Å²) in [5.41, 5.74) is 2.30. The Bertz CT molecular complexity index is 505. The molecule has 0 aliphatic heterocycles. The highest BCUT2D eigenvalue weighted by atomic mass is 32.1. The molecule has 0 spiro atoms. The van der Waals surface area contributed by atoms with Gasteiger partial charge in [0.2, 0.25) is 0 Å². The number of nitrogens with one attached hydrogen (secondary N) is 1. The van der Waals surface area contributed by atoms with Crippen LogP contribution in [0.3, 0.4) is 0 Å². The van der Waals surface area contributed by atoms with Crippen LogP contribution in [0.2, 0.25) is 0 Å². The van der Waals surface area contributed by atoms with Gasteiger partial charge in [-0.05, 0) is 50.7 Å². The van der Waals surface area contributed by atoms with Crippen molar-refractivity contribution >= 4 is 11.3 Å². The third-order valence-electron chi connectivity index (χ3n) is 2.60. The van der Waals surface area contributed by atoms with Crippen LogP contribution in [0.15, 0.2) is 24.3 Å². The monoisotopic (exact) mass is 262 g/mol. The number of aryl methyl sites for hydroxylation is 1. The molecule has 0 atom stereocenters. The molecule has 0 saturated heterocycles. The van der Waals surface area contributed by atoms with Gasteiger partial charge >= 0.3 is 0 Å². The SMILES string of the molecule is CCOc1ccc(-c2sc(CNC)nc2C)cc1. The first-order chi connectivity index (χ1) is 8.74. The minimum atomic E-state index is 0.700. The van der Waals surface area contributed by atoms with Crippen LogP contribution in [0.5, 0.6) is 5.75 Å². The lowest BCUT2D eigenvalue weighted by atomic mass is 10.1. The molecule has 0 unspecified atom stereocenters. The van der Waals surface area contributed by atoms with Gasteiger partial charge in [0.1, 0.15) is 10.8 Å². The fourth-order valence-corrected chi connectivity index (χ4v) is 2.90. The molecule has 0 bridgehead atoms. The van der Waals surface area contributed by atoms with Gasteiger partial charge in [0.25, 0.3) is 0 Å². The van der Waals surface area contributed by atoms with Crippen molar-refractivity contribution in [3.8, 4) is 16.2 Å². The summed E-state index contributed by atoms with van der Waals surface area (Å²) in [6.45, 7) is 5.57. The van der Waals surface area contributed by atoms with Gasteiger partial charge in [-0.1, -0.05) is 0 Å². The van der Waals surface area contributed by atoms with Crippen molar-refractivity contribution in [3.63, 3.8) is 0 Å². The summed E-state index contributed by atoms with van der Waals surface area (Å²) in [5, 5.41) is 4.25. The standard InChI is InChI=1S/C14H18N2OS/c1-4-17-12-7-5-11(6-8-12)14-10(2)16-13(18-14)9-15-3/h5-8,15H,4,9H2,1-3H3. The summed E-state index contributed by atoms with van der Waals surface area (Å²) in [6, 6.07) is 8.20. The first kappa shape index (κ1) is 13.1. The number of benzene rings is 1. The van der Waals surface area contributed by atoms with Crippen molar-refractivity contribution in [1.82, 2.24) is 10.3 Å². The van der Waals surface area contributed by atoms with Crippen molar-refractivity contribution in [2.24, 2.45) is 0 Å². The second-order valence-electron chi connectivity index (χ2n) is 4.01. The molecule has 3 nitrogen and oxygen atoms in total. The molecular weight excluding hydrogens is 244 g/mol. The maximum absolute atomic E-state index is 5.45. The van der Waals surface area contributed by atoms with Gasteiger partial charge < -0.3 is 10.1 Å². The summed E-state index contributed by atoms with van der Waals surface area (Å²) in [4.78, 5) is 5.80. The zero-order chi connectivity index (χ0) is 13.0. The Kier molecular flexibility index (Phi) is 4.33. The smallest absolute Gasteiger partial charge is 0.119 e. The van der Waals surface area contributed by atoms with Crippen molar-refractivity contribution in [1.29, 1.82) is 0 Å². The minimum absolute atomic E-state index is 0.700. The zero-order valence-electron chi connectivity index (χ0n) is 11.0. The lowest BCUT2D eigenvalue weighted by Crippen LogP contribution is -2.04. The van der Waals surface area contributed by atoms with Crippen molar-refractivity contribution in [3.05, 3.63) is 35.0 Å². The van der Waals surface area contributed by atoms with Gasteiger partial charge in [-0.2, -0.15) is 0 Å². The number of hydrogen-bond acceptors (Lipinski definition) is 4. The van der Waals surface area contributed by atoms with Gasteiger partial charge in [-0.25, -0.2) is 4.98 Å². The Morgan fingerprint density at radius 3 is 2.61 bits per heavy atom. The lowest BCUT2D eigenvalue weighted by molar-refractivity contribution is 0.340. The van der Waals surface area contributed by atoms with Crippen molar-refractivity contribution in [2.45, 2.75) is 20.4 Å². The topological polar surface area (TPSA) is 34.1 Å². The second kappa shape index (κ2) is 5.98. The van der Waals surface area contributed by atoms with Crippen molar-refractivity contribution in [2.75, 3.05) is 13.7 Å². The van der Waals surface area contributed by atoms with E-state index in [0.29, 0.717) is 6.61 Å². The Morgan fingerprint density at radius 1 is 1.28 bits per heavy atom. The van der Waals surface area contributed by atoms with Crippen LogP contribution in [-0.4, -0.2) is 18.6 Å². The van der Waals surface area contributed by atoms with Crippen LogP contribution in [0.25, 0.3) is 10.4 Å². The molecule has 1 aromatic heterocycles. The van der Waals surface area contributed by atoms with E-state index in [4.69, 9.17) is 4.74 Å². The van der Waals surface area contributed by atoms with Crippen LogP contribution in [-0.2, 0) is 6.54 Å². The van der Waals surface area contributed by atoms with E-state index in [0.717, 1.165) is 23.0 Å². The second-order valence-corrected chi connectivity index (χ2v) is 5.09. The fraction of sp³-hybridized carbons (Fsp3) is 0.357. The molecule has 2 aromatic rings. The molecule has 1 N–H and O–H groups in total. The predicted octanol–water partition coefficient (Wildman–Crippen LogP) is 3.24. The summed E-state index contributed by atoms with van der Waals surface area (Å²) in [5.74, 6) is 0.916. The first-order valence-corrected chi connectivity index (χ1v) is 6.90. The molecule has 0 saturated carbocycles. The van der Waals surface area contributed by atoms with E-state index < -0.39 is 0 Å². The van der Waals surface area contributed by atoms with Gasteiger partial charge in [0.15, 0.2) is 0 Å². The number of thiazole rings is 1. The lowest BCUT2D eigenvalue weighted by Gasteiger charge is -2.03. The Balaban J connectivity index is 2.24. The third-order valence-corrected chi connectivity index (χ3v) is 3.80. The molecule has 1 heterocycles. The fourth-order valence-electron chi connectivity index (χ4n) is 1.82. The first-order valence-electron chi connectivity index (χ1n) is 6.08. The molecule has 96 valence electrons. The molecule has 0 amide bonds. The minimum Gasteiger partial charge on any atom is -0.494 e. The maximum atomic E-state index is 5.45.